The highest BCUT2D eigenvalue weighted by Crippen LogP contribution is 2.49. The maximum absolute atomic E-state index is 12.5. The van der Waals surface area contributed by atoms with Gasteiger partial charge >= 0.3 is 6.36 Å². The van der Waals surface area contributed by atoms with Crippen molar-refractivity contribution in [3.8, 4) is 5.75 Å². The van der Waals surface area contributed by atoms with Crippen LogP contribution in [0.15, 0.2) is 30.4 Å². The number of rotatable bonds is 2. The van der Waals surface area contributed by atoms with E-state index in [9.17, 15) is 13.2 Å². The Morgan fingerprint density at radius 1 is 1.08 bits per heavy atom. The number of ether oxygens (including phenoxy) is 1. The molecule has 1 N–H and O–H groups in total. The van der Waals surface area contributed by atoms with Crippen LogP contribution in [0.4, 0.5) is 18.9 Å². The van der Waals surface area contributed by atoms with Gasteiger partial charge in [-0.2, -0.15) is 0 Å². The third kappa shape index (κ3) is 3.01. The van der Waals surface area contributed by atoms with Gasteiger partial charge in [0.25, 0.3) is 0 Å². The smallest absolute Gasteiger partial charge is 0.406 e. The molecule has 0 aromatic heterocycles. The predicted molar refractivity (Wildman–Crippen MR) is 87.1 cm³/mol. The Hall–Kier alpha value is -1.65. The maximum atomic E-state index is 12.5. The highest BCUT2D eigenvalue weighted by atomic mass is 19.4. The van der Waals surface area contributed by atoms with Gasteiger partial charge in [-0.15, -0.1) is 13.2 Å². The van der Waals surface area contributed by atoms with Crippen molar-refractivity contribution in [2.45, 2.75) is 56.8 Å². The van der Waals surface area contributed by atoms with Crippen molar-refractivity contribution in [2.75, 3.05) is 5.32 Å². The molecule has 1 saturated carbocycles. The number of hydrogen-bond acceptors (Lipinski definition) is 2. The second-order valence-electron chi connectivity index (χ2n) is 7.22. The summed E-state index contributed by atoms with van der Waals surface area (Å²) in [6.45, 7) is 0. The molecule has 2 nitrogen and oxygen atoms in total. The van der Waals surface area contributed by atoms with Gasteiger partial charge in [0.15, 0.2) is 0 Å². The van der Waals surface area contributed by atoms with Gasteiger partial charge in [0, 0.05) is 17.6 Å². The van der Waals surface area contributed by atoms with Gasteiger partial charge in [-0.05, 0) is 54.9 Å². The van der Waals surface area contributed by atoms with Crippen LogP contribution in [0.25, 0.3) is 0 Å². The zero-order valence-corrected chi connectivity index (χ0v) is 13.5. The van der Waals surface area contributed by atoms with Crippen molar-refractivity contribution < 1.29 is 17.9 Å². The first-order valence-electron chi connectivity index (χ1n) is 8.84. The van der Waals surface area contributed by atoms with Crippen LogP contribution < -0.4 is 10.1 Å². The number of allylic oxidation sites excluding steroid dienone is 2. The summed E-state index contributed by atoms with van der Waals surface area (Å²) in [6.07, 6.45) is 7.12. The van der Waals surface area contributed by atoms with Gasteiger partial charge in [-0.3, -0.25) is 0 Å². The third-order valence-corrected chi connectivity index (χ3v) is 5.77. The van der Waals surface area contributed by atoms with Gasteiger partial charge in [0.1, 0.15) is 5.75 Å². The molecule has 3 aliphatic rings. The summed E-state index contributed by atoms with van der Waals surface area (Å²) in [5, 5.41) is 3.65. The summed E-state index contributed by atoms with van der Waals surface area (Å²) in [6, 6.07) is 5.14. The molecule has 0 bridgehead atoms. The predicted octanol–water partition coefficient (Wildman–Crippen LogP) is 5.62. The van der Waals surface area contributed by atoms with E-state index in [4.69, 9.17) is 0 Å². The van der Waals surface area contributed by atoms with Gasteiger partial charge in [0.05, 0.1) is 0 Å². The molecule has 24 heavy (non-hydrogen) atoms. The number of anilines is 1. The Morgan fingerprint density at radius 3 is 2.62 bits per heavy atom. The minimum atomic E-state index is -4.65. The van der Waals surface area contributed by atoms with Crippen LogP contribution in [0.2, 0.25) is 0 Å². The molecule has 0 amide bonds. The molecule has 0 spiro atoms. The molecule has 1 aromatic rings. The van der Waals surface area contributed by atoms with Crippen molar-refractivity contribution in [1.29, 1.82) is 0 Å². The van der Waals surface area contributed by atoms with Crippen LogP contribution in [-0.4, -0.2) is 12.4 Å². The van der Waals surface area contributed by atoms with Crippen LogP contribution in [0.5, 0.6) is 5.75 Å². The molecule has 2 aliphatic carbocycles. The monoisotopic (exact) mass is 337 g/mol. The Labute approximate surface area is 140 Å². The summed E-state index contributed by atoms with van der Waals surface area (Å²) in [7, 11) is 0. The van der Waals surface area contributed by atoms with Gasteiger partial charge in [-0.25, -0.2) is 0 Å². The zero-order valence-electron chi connectivity index (χ0n) is 13.5. The first-order chi connectivity index (χ1) is 11.5. The summed E-state index contributed by atoms with van der Waals surface area (Å²) < 4.78 is 41.6. The normalized spacial score (nSPS) is 29.7. The maximum Gasteiger partial charge on any atom is 0.573 e. The standard InChI is InChI=1S/C19H22F3NO/c20-19(21,22)24-13-9-10-17-16(11-13)14-7-4-8-15(14)18(23-17)12-5-2-1-3-6-12/h4,7,9-12,14-15,18,23H,1-3,5-6,8H2. The molecule has 1 heterocycles. The fourth-order valence-electron chi connectivity index (χ4n) is 4.77. The highest BCUT2D eigenvalue weighted by Gasteiger charge is 2.41. The van der Waals surface area contributed by atoms with E-state index in [0.29, 0.717) is 17.9 Å². The van der Waals surface area contributed by atoms with Crippen LogP contribution in [0, 0.1) is 11.8 Å². The lowest BCUT2D eigenvalue weighted by Gasteiger charge is -2.42. The summed E-state index contributed by atoms with van der Waals surface area (Å²) in [5.41, 5.74) is 1.90. The van der Waals surface area contributed by atoms with E-state index in [1.165, 1.54) is 38.2 Å². The molecule has 3 unspecified atom stereocenters. The van der Waals surface area contributed by atoms with E-state index >= 15 is 0 Å². The Kier molecular flexibility index (Phi) is 3.97. The number of nitrogens with one attached hydrogen (secondary N) is 1. The molecule has 0 saturated heterocycles. The molecule has 5 heteroatoms. The third-order valence-electron chi connectivity index (χ3n) is 5.77. The number of alkyl halides is 3. The van der Waals surface area contributed by atoms with E-state index in [1.54, 1.807) is 12.1 Å². The Morgan fingerprint density at radius 2 is 1.88 bits per heavy atom. The van der Waals surface area contributed by atoms with Gasteiger partial charge in [-0.1, -0.05) is 31.4 Å². The van der Waals surface area contributed by atoms with Crippen molar-refractivity contribution in [2.24, 2.45) is 11.8 Å². The lowest BCUT2D eigenvalue weighted by atomic mass is 9.71. The molecule has 1 aliphatic heterocycles. The summed E-state index contributed by atoms with van der Waals surface area (Å²) in [4.78, 5) is 0. The van der Waals surface area contributed by atoms with Crippen LogP contribution in [0.1, 0.15) is 50.0 Å². The Balaban J connectivity index is 1.63. The van der Waals surface area contributed by atoms with Crippen molar-refractivity contribution in [3.05, 3.63) is 35.9 Å². The van der Waals surface area contributed by atoms with E-state index in [2.05, 4.69) is 22.2 Å². The van der Waals surface area contributed by atoms with Crippen molar-refractivity contribution in [3.63, 3.8) is 0 Å². The molecule has 130 valence electrons. The van der Waals surface area contributed by atoms with E-state index in [1.807, 2.05) is 0 Å². The molecule has 1 fully saturated rings. The molecular weight excluding hydrogens is 315 g/mol. The summed E-state index contributed by atoms with van der Waals surface area (Å²) >= 11 is 0. The lowest BCUT2D eigenvalue weighted by molar-refractivity contribution is -0.274. The SMILES string of the molecule is FC(F)(F)Oc1ccc2c(c1)C1C=CCC1C(C1CCCCC1)N2. The quantitative estimate of drug-likeness (QED) is 0.707. The number of halogens is 3. The number of fused-ring (bicyclic) bond motifs is 3. The number of benzene rings is 1. The van der Waals surface area contributed by atoms with Crippen LogP contribution >= 0.6 is 0 Å². The largest absolute Gasteiger partial charge is 0.573 e. The second-order valence-corrected chi connectivity index (χ2v) is 7.22. The lowest BCUT2D eigenvalue weighted by Crippen LogP contribution is -2.42. The molecule has 1 aromatic carbocycles. The van der Waals surface area contributed by atoms with E-state index in [0.717, 1.165) is 17.7 Å². The fraction of sp³-hybridized carbons (Fsp3) is 0.579. The minimum absolute atomic E-state index is 0.127. The van der Waals surface area contributed by atoms with E-state index in [-0.39, 0.29) is 11.7 Å². The summed E-state index contributed by atoms with van der Waals surface area (Å²) in [5.74, 6) is 1.19. The van der Waals surface area contributed by atoms with Crippen molar-refractivity contribution >= 4 is 5.69 Å². The average molecular weight is 337 g/mol. The second kappa shape index (κ2) is 6.01. The average Bonchev–Trinajstić information content (AvgIpc) is 3.03. The highest BCUT2D eigenvalue weighted by molar-refractivity contribution is 5.61. The molecular formula is C19H22F3NO. The zero-order chi connectivity index (χ0) is 16.7. The van der Waals surface area contributed by atoms with Gasteiger partial charge in [0.2, 0.25) is 0 Å². The molecule has 4 rings (SSSR count). The minimum Gasteiger partial charge on any atom is -0.406 e. The first-order valence-corrected chi connectivity index (χ1v) is 8.84. The van der Waals surface area contributed by atoms with Gasteiger partial charge < -0.3 is 10.1 Å². The van der Waals surface area contributed by atoms with Crippen molar-refractivity contribution in [1.82, 2.24) is 0 Å². The van der Waals surface area contributed by atoms with Crippen LogP contribution in [0.3, 0.4) is 0 Å². The molecule has 0 radical (unpaired) electrons. The Bertz CT molecular complexity index is 634. The first kappa shape index (κ1) is 15.9. The topological polar surface area (TPSA) is 21.3 Å². The molecule has 3 atom stereocenters. The number of hydrogen-bond donors (Lipinski definition) is 1. The van der Waals surface area contributed by atoms with E-state index < -0.39 is 6.36 Å². The van der Waals surface area contributed by atoms with Crippen LogP contribution in [-0.2, 0) is 0 Å². The fourth-order valence-corrected chi connectivity index (χ4v) is 4.77.